The Balaban J connectivity index is 2.04. The molecule has 1 aromatic rings. The first kappa shape index (κ1) is 13.6. The lowest BCUT2D eigenvalue weighted by atomic mass is 10.1. The van der Waals surface area contributed by atoms with Gasteiger partial charge in [0.05, 0.1) is 16.3 Å². The summed E-state index contributed by atoms with van der Waals surface area (Å²) in [5, 5.41) is 3.43. The summed E-state index contributed by atoms with van der Waals surface area (Å²) in [5.74, 6) is 0. The molecule has 2 nitrogen and oxygen atoms in total. The van der Waals surface area contributed by atoms with E-state index in [1.54, 1.807) is 0 Å². The number of aromatic nitrogens is 1. The van der Waals surface area contributed by atoms with Crippen LogP contribution in [0, 0.1) is 0 Å². The molecule has 1 fully saturated rings. The zero-order valence-corrected chi connectivity index (χ0v) is 10.6. The minimum Gasteiger partial charge on any atom is -0.311 e. The summed E-state index contributed by atoms with van der Waals surface area (Å²) in [6.07, 6.45) is -0.692. The van der Waals surface area contributed by atoms with Gasteiger partial charge in [-0.15, -0.1) is 0 Å². The molecule has 0 aliphatic heterocycles. The van der Waals surface area contributed by atoms with Gasteiger partial charge in [-0.05, 0) is 25.8 Å². The standard InChI is InChI=1S/C12H14ClF3N2/c1-7(18-9-2-3-9)4-11-10(13)5-8(6-17-11)12(14,15)16/h5-7,9,18H,2-4H2,1H3. The third kappa shape index (κ3) is 3.59. The van der Waals surface area contributed by atoms with Crippen LogP contribution in [0.5, 0.6) is 0 Å². The Kier molecular flexibility index (Phi) is 3.82. The maximum Gasteiger partial charge on any atom is 0.417 e. The number of nitrogens with one attached hydrogen (secondary N) is 1. The molecule has 1 N–H and O–H groups in total. The van der Waals surface area contributed by atoms with Crippen LogP contribution in [0.3, 0.4) is 0 Å². The first-order chi connectivity index (χ1) is 8.36. The smallest absolute Gasteiger partial charge is 0.311 e. The second-order valence-corrected chi connectivity index (χ2v) is 5.10. The van der Waals surface area contributed by atoms with E-state index in [9.17, 15) is 13.2 Å². The maximum atomic E-state index is 12.4. The minimum atomic E-state index is -4.40. The van der Waals surface area contributed by atoms with Crippen LogP contribution >= 0.6 is 11.6 Å². The van der Waals surface area contributed by atoms with E-state index in [1.165, 1.54) is 12.8 Å². The van der Waals surface area contributed by atoms with Gasteiger partial charge in [-0.25, -0.2) is 0 Å². The molecule has 1 aliphatic rings. The lowest BCUT2D eigenvalue weighted by Gasteiger charge is -2.14. The zero-order valence-electron chi connectivity index (χ0n) is 9.89. The van der Waals surface area contributed by atoms with Gasteiger partial charge in [-0.2, -0.15) is 13.2 Å². The van der Waals surface area contributed by atoms with Crippen molar-refractivity contribution in [1.82, 2.24) is 10.3 Å². The van der Waals surface area contributed by atoms with Gasteiger partial charge < -0.3 is 5.32 Å². The van der Waals surface area contributed by atoms with Gasteiger partial charge in [0, 0.05) is 24.7 Å². The Labute approximate surface area is 109 Å². The van der Waals surface area contributed by atoms with Crippen molar-refractivity contribution in [2.24, 2.45) is 0 Å². The van der Waals surface area contributed by atoms with Gasteiger partial charge in [0.2, 0.25) is 0 Å². The second-order valence-electron chi connectivity index (χ2n) is 4.70. The van der Waals surface area contributed by atoms with Gasteiger partial charge in [-0.3, -0.25) is 4.98 Å². The Morgan fingerprint density at radius 1 is 1.50 bits per heavy atom. The fourth-order valence-electron chi connectivity index (χ4n) is 1.77. The number of alkyl halides is 3. The molecule has 1 heterocycles. The Morgan fingerprint density at radius 3 is 2.67 bits per heavy atom. The van der Waals surface area contributed by atoms with Crippen LogP contribution in [-0.2, 0) is 12.6 Å². The third-order valence-corrected chi connectivity index (χ3v) is 3.17. The summed E-state index contributed by atoms with van der Waals surface area (Å²) in [4.78, 5) is 3.82. The molecule has 18 heavy (non-hydrogen) atoms. The number of nitrogens with zero attached hydrogens (tertiary/aromatic N) is 1. The molecule has 0 saturated heterocycles. The molecule has 1 unspecified atom stereocenters. The quantitative estimate of drug-likeness (QED) is 0.913. The molecule has 0 bridgehead atoms. The van der Waals surface area contributed by atoms with Crippen LogP contribution in [0.15, 0.2) is 12.3 Å². The van der Waals surface area contributed by atoms with Gasteiger partial charge in [0.15, 0.2) is 0 Å². The fraction of sp³-hybridized carbons (Fsp3) is 0.583. The molecule has 0 spiro atoms. The SMILES string of the molecule is CC(Cc1ncc(C(F)(F)F)cc1Cl)NC1CC1. The molecule has 1 atom stereocenters. The molecule has 6 heteroatoms. The molecule has 100 valence electrons. The summed E-state index contributed by atoms with van der Waals surface area (Å²) in [6, 6.07) is 1.65. The average molecular weight is 279 g/mol. The molecule has 0 amide bonds. The normalized spacial score (nSPS) is 17.8. The molecule has 2 rings (SSSR count). The van der Waals surface area contributed by atoms with E-state index in [0.29, 0.717) is 18.2 Å². The summed E-state index contributed by atoms with van der Waals surface area (Å²) < 4.78 is 37.3. The topological polar surface area (TPSA) is 24.9 Å². The van der Waals surface area contributed by atoms with Crippen LogP contribution < -0.4 is 5.32 Å². The molecule has 1 aromatic heterocycles. The third-order valence-electron chi connectivity index (χ3n) is 2.84. The molecular formula is C12H14ClF3N2. The minimum absolute atomic E-state index is 0.0780. The predicted octanol–water partition coefficient (Wildman–Crippen LogP) is 3.44. The molecule has 0 radical (unpaired) electrons. The van der Waals surface area contributed by atoms with Crippen molar-refractivity contribution < 1.29 is 13.2 Å². The van der Waals surface area contributed by atoms with Crippen LogP contribution in [-0.4, -0.2) is 17.1 Å². The number of halogens is 4. The van der Waals surface area contributed by atoms with Crippen molar-refractivity contribution in [3.8, 4) is 0 Å². The monoisotopic (exact) mass is 278 g/mol. The second kappa shape index (κ2) is 5.05. The first-order valence-electron chi connectivity index (χ1n) is 5.84. The Hall–Kier alpha value is -0.810. The lowest BCUT2D eigenvalue weighted by Crippen LogP contribution is -2.30. The van der Waals surface area contributed by atoms with E-state index in [2.05, 4.69) is 10.3 Å². The lowest BCUT2D eigenvalue weighted by molar-refractivity contribution is -0.137. The molecular weight excluding hydrogens is 265 g/mol. The highest BCUT2D eigenvalue weighted by Crippen LogP contribution is 2.31. The molecule has 0 aromatic carbocycles. The molecule has 1 saturated carbocycles. The predicted molar refractivity (Wildman–Crippen MR) is 63.6 cm³/mol. The maximum absolute atomic E-state index is 12.4. The van der Waals surface area contributed by atoms with Crippen LogP contribution in [0.1, 0.15) is 31.0 Å². The number of pyridine rings is 1. The Morgan fingerprint density at radius 2 is 2.17 bits per heavy atom. The first-order valence-corrected chi connectivity index (χ1v) is 6.21. The van der Waals surface area contributed by atoms with E-state index in [1.807, 2.05) is 6.92 Å². The fourth-order valence-corrected chi connectivity index (χ4v) is 2.02. The van der Waals surface area contributed by atoms with Crippen molar-refractivity contribution in [2.75, 3.05) is 0 Å². The van der Waals surface area contributed by atoms with Gasteiger partial charge in [-0.1, -0.05) is 11.6 Å². The van der Waals surface area contributed by atoms with Gasteiger partial charge in [0.25, 0.3) is 0 Å². The van der Waals surface area contributed by atoms with Crippen LogP contribution in [0.4, 0.5) is 13.2 Å². The highest BCUT2D eigenvalue weighted by Gasteiger charge is 2.31. The summed E-state index contributed by atoms with van der Waals surface area (Å²) in [6.45, 7) is 1.98. The van der Waals surface area contributed by atoms with Crippen LogP contribution in [0.2, 0.25) is 5.02 Å². The van der Waals surface area contributed by atoms with Gasteiger partial charge >= 0.3 is 6.18 Å². The highest BCUT2D eigenvalue weighted by molar-refractivity contribution is 6.31. The summed E-state index contributed by atoms with van der Waals surface area (Å²) in [5.41, 5.74) is -0.302. The number of rotatable bonds is 4. The van der Waals surface area contributed by atoms with E-state index in [-0.39, 0.29) is 11.1 Å². The van der Waals surface area contributed by atoms with Gasteiger partial charge in [0.1, 0.15) is 0 Å². The molecule has 1 aliphatic carbocycles. The van der Waals surface area contributed by atoms with Crippen LogP contribution in [0.25, 0.3) is 0 Å². The largest absolute Gasteiger partial charge is 0.417 e. The Bertz CT molecular complexity index is 430. The van der Waals surface area contributed by atoms with Crippen molar-refractivity contribution in [3.05, 3.63) is 28.5 Å². The average Bonchev–Trinajstić information content (AvgIpc) is 3.03. The van der Waals surface area contributed by atoms with Crippen molar-refractivity contribution in [2.45, 2.75) is 44.4 Å². The van der Waals surface area contributed by atoms with E-state index in [4.69, 9.17) is 11.6 Å². The van der Waals surface area contributed by atoms with Crippen molar-refractivity contribution in [1.29, 1.82) is 0 Å². The van der Waals surface area contributed by atoms with E-state index < -0.39 is 11.7 Å². The highest BCUT2D eigenvalue weighted by atomic mass is 35.5. The van der Waals surface area contributed by atoms with E-state index in [0.717, 1.165) is 12.3 Å². The number of hydrogen-bond donors (Lipinski definition) is 1. The van der Waals surface area contributed by atoms with Crippen molar-refractivity contribution in [3.63, 3.8) is 0 Å². The zero-order chi connectivity index (χ0) is 13.3. The van der Waals surface area contributed by atoms with Crippen molar-refractivity contribution >= 4 is 11.6 Å². The summed E-state index contributed by atoms with van der Waals surface area (Å²) in [7, 11) is 0. The summed E-state index contributed by atoms with van der Waals surface area (Å²) >= 11 is 5.84. The number of hydrogen-bond acceptors (Lipinski definition) is 2. The van der Waals surface area contributed by atoms with E-state index >= 15 is 0 Å².